The van der Waals surface area contributed by atoms with Gasteiger partial charge in [0.15, 0.2) is 5.65 Å². The van der Waals surface area contributed by atoms with Gasteiger partial charge in [0.25, 0.3) is 5.56 Å². The molecule has 176 valence electrons. The zero-order chi connectivity index (χ0) is 24.1. The summed E-state index contributed by atoms with van der Waals surface area (Å²) in [6.07, 6.45) is 0.445. The molecule has 0 aliphatic heterocycles. The molecular weight excluding hydrogens is 430 g/mol. The third kappa shape index (κ3) is 4.85. The van der Waals surface area contributed by atoms with Crippen molar-refractivity contribution in [3.63, 3.8) is 0 Å². The summed E-state index contributed by atoms with van der Waals surface area (Å²) in [5.41, 5.74) is 4.11. The third-order valence-electron chi connectivity index (χ3n) is 5.63. The van der Waals surface area contributed by atoms with Crippen molar-refractivity contribution < 1.29 is 9.53 Å². The first-order chi connectivity index (χ1) is 16.5. The molecule has 2 aromatic carbocycles. The van der Waals surface area contributed by atoms with E-state index in [1.54, 1.807) is 9.25 Å². The molecule has 4 rings (SSSR count). The van der Waals surface area contributed by atoms with Crippen LogP contribution in [0.4, 0.5) is 0 Å². The van der Waals surface area contributed by atoms with E-state index < -0.39 is 0 Å². The molecule has 0 saturated heterocycles. The van der Waals surface area contributed by atoms with Crippen molar-refractivity contribution in [2.75, 3.05) is 6.61 Å². The minimum absolute atomic E-state index is 0.130. The molecule has 0 saturated carbocycles. The van der Waals surface area contributed by atoms with Gasteiger partial charge in [-0.05, 0) is 50.6 Å². The van der Waals surface area contributed by atoms with Crippen LogP contribution in [0, 0.1) is 6.92 Å². The maximum Gasteiger partial charge on any atom is 0.273 e. The van der Waals surface area contributed by atoms with E-state index >= 15 is 0 Å². The summed E-state index contributed by atoms with van der Waals surface area (Å²) in [7, 11) is 0. The van der Waals surface area contributed by atoms with Crippen molar-refractivity contribution in [2.45, 2.75) is 46.7 Å². The molecule has 0 unspecified atom stereocenters. The summed E-state index contributed by atoms with van der Waals surface area (Å²) in [4.78, 5) is 30.3. The van der Waals surface area contributed by atoms with Crippen molar-refractivity contribution >= 4 is 17.1 Å². The molecule has 0 radical (unpaired) electrons. The van der Waals surface area contributed by atoms with E-state index in [0.717, 1.165) is 22.7 Å². The van der Waals surface area contributed by atoms with Crippen LogP contribution in [-0.2, 0) is 24.3 Å². The van der Waals surface area contributed by atoms with Crippen LogP contribution >= 0.6 is 0 Å². The summed E-state index contributed by atoms with van der Waals surface area (Å²) >= 11 is 0. The van der Waals surface area contributed by atoms with Gasteiger partial charge in [0.1, 0.15) is 17.0 Å². The van der Waals surface area contributed by atoms with E-state index in [1.165, 1.54) is 0 Å². The molecule has 0 fully saturated rings. The van der Waals surface area contributed by atoms with E-state index in [9.17, 15) is 9.59 Å². The zero-order valence-corrected chi connectivity index (χ0v) is 19.7. The Kier molecular flexibility index (Phi) is 7.06. The minimum atomic E-state index is -0.189. The fraction of sp³-hybridized carbons (Fsp3) is 0.308. The molecule has 2 aromatic heterocycles. The average Bonchev–Trinajstić information content (AvgIpc) is 3.19. The van der Waals surface area contributed by atoms with Gasteiger partial charge in [-0.15, -0.1) is 0 Å². The summed E-state index contributed by atoms with van der Waals surface area (Å²) in [6.45, 7) is 7.25. The highest BCUT2D eigenvalue weighted by molar-refractivity contribution is 5.77. The smallest absolute Gasteiger partial charge is 0.273 e. The van der Waals surface area contributed by atoms with Gasteiger partial charge in [0, 0.05) is 25.9 Å². The number of nitrogens with zero attached hydrogens (tertiary/aromatic N) is 4. The molecule has 1 amide bonds. The molecule has 0 aliphatic rings. The average molecular weight is 460 g/mol. The molecule has 34 heavy (non-hydrogen) atoms. The second-order valence-electron chi connectivity index (χ2n) is 7.97. The predicted octanol–water partition coefficient (Wildman–Crippen LogP) is 3.56. The zero-order valence-electron chi connectivity index (χ0n) is 19.7. The number of aromatic nitrogens is 4. The number of rotatable bonds is 9. The van der Waals surface area contributed by atoms with E-state index in [4.69, 9.17) is 4.74 Å². The number of carbonyl (C=O) groups is 1. The fourth-order valence-electron chi connectivity index (χ4n) is 3.91. The van der Waals surface area contributed by atoms with Crippen LogP contribution in [0.15, 0.2) is 59.4 Å². The van der Waals surface area contributed by atoms with Crippen LogP contribution < -0.4 is 15.6 Å². The monoisotopic (exact) mass is 459 g/mol. The number of hydrogen-bond acceptors (Lipinski definition) is 5. The second kappa shape index (κ2) is 10.3. The van der Waals surface area contributed by atoms with Crippen molar-refractivity contribution in [1.82, 2.24) is 24.6 Å². The summed E-state index contributed by atoms with van der Waals surface area (Å²) in [6, 6.07) is 17.3. The van der Waals surface area contributed by atoms with Crippen LogP contribution in [0.2, 0.25) is 0 Å². The Morgan fingerprint density at radius 3 is 2.47 bits per heavy atom. The highest BCUT2D eigenvalue weighted by Gasteiger charge is 2.19. The highest BCUT2D eigenvalue weighted by Crippen LogP contribution is 2.20. The van der Waals surface area contributed by atoms with Gasteiger partial charge in [-0.1, -0.05) is 30.3 Å². The quantitative estimate of drug-likeness (QED) is 0.413. The Morgan fingerprint density at radius 1 is 1.06 bits per heavy atom. The number of benzene rings is 2. The number of nitrogens with one attached hydrogen (secondary N) is 1. The maximum absolute atomic E-state index is 13.2. The topological polar surface area (TPSA) is 91.0 Å². The second-order valence-corrected chi connectivity index (χ2v) is 7.97. The van der Waals surface area contributed by atoms with E-state index in [2.05, 4.69) is 15.4 Å². The molecule has 1 N–H and O–H groups in total. The van der Waals surface area contributed by atoms with Crippen LogP contribution in [0.25, 0.3) is 16.9 Å². The van der Waals surface area contributed by atoms with Gasteiger partial charge < -0.3 is 10.1 Å². The van der Waals surface area contributed by atoms with Gasteiger partial charge in [-0.25, -0.2) is 9.67 Å². The largest absolute Gasteiger partial charge is 0.494 e. The molecule has 0 spiro atoms. The van der Waals surface area contributed by atoms with Crippen LogP contribution in [0.3, 0.4) is 0 Å². The van der Waals surface area contributed by atoms with E-state index in [-0.39, 0.29) is 24.3 Å². The predicted molar refractivity (Wildman–Crippen MR) is 131 cm³/mol. The lowest BCUT2D eigenvalue weighted by atomic mass is 10.2. The summed E-state index contributed by atoms with van der Waals surface area (Å²) < 4.78 is 8.88. The number of hydrogen-bond donors (Lipinski definition) is 1. The first-order valence-corrected chi connectivity index (χ1v) is 11.5. The number of amides is 1. The normalized spacial score (nSPS) is 11.0. The lowest BCUT2D eigenvalue weighted by Gasteiger charge is -2.11. The van der Waals surface area contributed by atoms with Crippen LogP contribution in [0.5, 0.6) is 5.75 Å². The van der Waals surface area contributed by atoms with E-state index in [1.807, 2.05) is 75.4 Å². The summed E-state index contributed by atoms with van der Waals surface area (Å²) in [5, 5.41) is 7.54. The minimum Gasteiger partial charge on any atom is -0.494 e. The Balaban J connectivity index is 1.50. The molecule has 4 aromatic rings. The molecule has 2 heterocycles. The number of carbonyl (C=O) groups excluding carboxylic acids is 1. The van der Waals surface area contributed by atoms with Gasteiger partial charge in [0.05, 0.1) is 18.0 Å². The number of ether oxygens (including phenoxy) is 1. The van der Waals surface area contributed by atoms with Gasteiger partial charge in [-0.2, -0.15) is 5.10 Å². The van der Waals surface area contributed by atoms with Crippen LogP contribution in [-0.4, -0.2) is 31.8 Å². The SMILES string of the molecule is CCOc1ccc(CNC(=O)CCc2nc3c(C)nn(-c4ccccc4)c3n(CC)c2=O)cc1. The van der Waals surface area contributed by atoms with Gasteiger partial charge in [-0.3, -0.25) is 14.2 Å². The number of fused-ring (bicyclic) bond motifs is 1. The number of aryl methyl sites for hydroxylation is 3. The first-order valence-electron chi connectivity index (χ1n) is 11.5. The highest BCUT2D eigenvalue weighted by atomic mass is 16.5. The first kappa shape index (κ1) is 23.2. The van der Waals surface area contributed by atoms with Gasteiger partial charge in [0.2, 0.25) is 5.91 Å². The third-order valence-corrected chi connectivity index (χ3v) is 5.63. The molecule has 0 atom stereocenters. The Labute approximate surface area is 198 Å². The van der Waals surface area contributed by atoms with Crippen LogP contribution in [0.1, 0.15) is 37.2 Å². The molecule has 8 heteroatoms. The van der Waals surface area contributed by atoms with Crippen molar-refractivity contribution in [2.24, 2.45) is 0 Å². The molecule has 8 nitrogen and oxygen atoms in total. The molecule has 0 aliphatic carbocycles. The lowest BCUT2D eigenvalue weighted by Crippen LogP contribution is -2.28. The fourth-order valence-corrected chi connectivity index (χ4v) is 3.91. The Bertz CT molecular complexity index is 1340. The Hall–Kier alpha value is -3.94. The van der Waals surface area contributed by atoms with Gasteiger partial charge >= 0.3 is 0 Å². The van der Waals surface area contributed by atoms with E-state index in [0.29, 0.717) is 36.6 Å². The molecular formula is C26H29N5O3. The maximum atomic E-state index is 13.2. The molecule has 0 bridgehead atoms. The van der Waals surface area contributed by atoms with Crippen molar-refractivity contribution in [3.05, 3.63) is 81.9 Å². The van der Waals surface area contributed by atoms with Crippen molar-refractivity contribution in [3.8, 4) is 11.4 Å². The summed E-state index contributed by atoms with van der Waals surface area (Å²) in [5.74, 6) is 0.673. The standard InChI is InChI=1S/C26H29N5O3/c1-4-30-25-24(18(3)29-31(25)20-9-7-6-8-10-20)28-22(26(30)33)15-16-23(32)27-17-19-11-13-21(14-12-19)34-5-2/h6-14H,4-5,15-17H2,1-3H3,(H,27,32). The lowest BCUT2D eigenvalue weighted by molar-refractivity contribution is -0.121. The van der Waals surface area contributed by atoms with Crippen molar-refractivity contribution in [1.29, 1.82) is 0 Å². The Morgan fingerprint density at radius 2 is 1.79 bits per heavy atom. The number of para-hydroxylation sites is 1.